The molecule has 0 aliphatic carbocycles. The smallest absolute Gasteiger partial charge is 0.337 e. The molecular formula is C20H18N2O6. The summed E-state index contributed by atoms with van der Waals surface area (Å²) in [5.74, 6) is -0.547. The number of carbonyl (C=O) groups excluding carboxylic acids is 3. The van der Waals surface area contributed by atoms with Crippen LogP contribution in [0.25, 0.3) is 0 Å². The van der Waals surface area contributed by atoms with Crippen LogP contribution in [0.5, 0.6) is 11.5 Å². The molecule has 2 aromatic rings. The van der Waals surface area contributed by atoms with Crippen LogP contribution in [0.3, 0.4) is 0 Å². The molecular weight excluding hydrogens is 364 g/mol. The van der Waals surface area contributed by atoms with Crippen LogP contribution in [0.4, 0.5) is 5.69 Å². The number of para-hydroxylation sites is 2. The molecule has 0 aromatic heterocycles. The Labute approximate surface area is 161 Å². The van der Waals surface area contributed by atoms with Gasteiger partial charge in [-0.1, -0.05) is 12.1 Å². The Morgan fingerprint density at radius 3 is 2.50 bits per heavy atom. The lowest BCUT2D eigenvalue weighted by Crippen LogP contribution is -2.34. The molecule has 8 heteroatoms. The quantitative estimate of drug-likeness (QED) is 0.557. The van der Waals surface area contributed by atoms with Gasteiger partial charge in [-0.05, 0) is 36.4 Å². The minimum Gasteiger partial charge on any atom is -0.465 e. The first-order chi connectivity index (χ1) is 13.5. The largest absolute Gasteiger partial charge is 0.465 e. The van der Waals surface area contributed by atoms with E-state index >= 15 is 0 Å². The van der Waals surface area contributed by atoms with E-state index in [0.717, 1.165) is 4.90 Å². The molecule has 2 aromatic carbocycles. The SMILES string of the molecule is COC(=O)c1ccc(Oc2ccccc2NC2=CC(=O)N(CCO)C2=O)cc1. The minimum atomic E-state index is -0.517. The van der Waals surface area contributed by atoms with Gasteiger partial charge in [-0.3, -0.25) is 14.5 Å². The summed E-state index contributed by atoms with van der Waals surface area (Å²) in [6.07, 6.45) is 1.18. The molecule has 0 spiro atoms. The van der Waals surface area contributed by atoms with Crippen molar-refractivity contribution in [3.8, 4) is 11.5 Å². The summed E-state index contributed by atoms with van der Waals surface area (Å²) in [5, 5.41) is 11.9. The second-order valence-electron chi connectivity index (χ2n) is 5.82. The van der Waals surface area contributed by atoms with Crippen molar-refractivity contribution in [1.29, 1.82) is 0 Å². The van der Waals surface area contributed by atoms with Crippen molar-refractivity contribution in [2.75, 3.05) is 25.6 Å². The highest BCUT2D eigenvalue weighted by atomic mass is 16.5. The van der Waals surface area contributed by atoms with E-state index < -0.39 is 17.8 Å². The van der Waals surface area contributed by atoms with Crippen LogP contribution in [0, 0.1) is 0 Å². The summed E-state index contributed by atoms with van der Waals surface area (Å²) in [7, 11) is 1.31. The first-order valence-corrected chi connectivity index (χ1v) is 8.44. The Balaban J connectivity index is 1.77. The van der Waals surface area contributed by atoms with Gasteiger partial charge in [-0.2, -0.15) is 0 Å². The molecule has 0 bridgehead atoms. The number of anilines is 1. The van der Waals surface area contributed by atoms with E-state index in [1.807, 2.05) is 0 Å². The number of esters is 1. The summed E-state index contributed by atoms with van der Waals surface area (Å²) in [4.78, 5) is 36.6. The maximum Gasteiger partial charge on any atom is 0.337 e. The molecule has 0 atom stereocenters. The molecule has 0 unspecified atom stereocenters. The topological polar surface area (TPSA) is 105 Å². The maximum atomic E-state index is 12.3. The molecule has 0 saturated heterocycles. The van der Waals surface area contributed by atoms with Crippen molar-refractivity contribution in [2.45, 2.75) is 0 Å². The zero-order chi connectivity index (χ0) is 20.1. The molecule has 0 saturated carbocycles. The Kier molecular flexibility index (Phi) is 5.71. The fraction of sp³-hybridized carbons (Fsp3) is 0.150. The lowest BCUT2D eigenvalue weighted by Gasteiger charge is -2.15. The van der Waals surface area contributed by atoms with Crippen molar-refractivity contribution in [3.05, 3.63) is 65.9 Å². The summed E-state index contributed by atoms with van der Waals surface area (Å²) < 4.78 is 10.5. The van der Waals surface area contributed by atoms with Gasteiger partial charge in [-0.25, -0.2) is 4.79 Å². The van der Waals surface area contributed by atoms with E-state index in [2.05, 4.69) is 10.1 Å². The van der Waals surface area contributed by atoms with Crippen LogP contribution < -0.4 is 10.1 Å². The van der Waals surface area contributed by atoms with Gasteiger partial charge < -0.3 is 19.9 Å². The summed E-state index contributed by atoms with van der Waals surface area (Å²) in [5.41, 5.74) is 0.971. The predicted octanol–water partition coefficient (Wildman–Crippen LogP) is 1.92. The number of aliphatic hydroxyl groups is 1. The highest BCUT2D eigenvalue weighted by Gasteiger charge is 2.31. The predicted molar refractivity (Wildman–Crippen MR) is 99.8 cm³/mol. The summed E-state index contributed by atoms with van der Waals surface area (Å²) in [6, 6.07) is 13.3. The fourth-order valence-corrected chi connectivity index (χ4v) is 2.62. The van der Waals surface area contributed by atoms with Gasteiger partial charge in [0.2, 0.25) is 0 Å². The third-order valence-electron chi connectivity index (χ3n) is 3.99. The lowest BCUT2D eigenvalue weighted by atomic mass is 10.2. The molecule has 1 aliphatic heterocycles. The fourth-order valence-electron chi connectivity index (χ4n) is 2.62. The average Bonchev–Trinajstić information content (AvgIpc) is 2.97. The van der Waals surface area contributed by atoms with Crippen molar-refractivity contribution in [3.63, 3.8) is 0 Å². The number of nitrogens with one attached hydrogen (secondary N) is 1. The van der Waals surface area contributed by atoms with Crippen LogP contribution >= 0.6 is 0 Å². The number of rotatable bonds is 7. The molecule has 0 radical (unpaired) electrons. The molecule has 1 heterocycles. The van der Waals surface area contributed by atoms with Crippen LogP contribution in [0.1, 0.15) is 10.4 Å². The van der Waals surface area contributed by atoms with Crippen LogP contribution in [-0.4, -0.2) is 48.1 Å². The third kappa shape index (κ3) is 4.02. The third-order valence-corrected chi connectivity index (χ3v) is 3.99. The van der Waals surface area contributed by atoms with E-state index in [1.54, 1.807) is 48.5 Å². The highest BCUT2D eigenvalue weighted by Crippen LogP contribution is 2.31. The van der Waals surface area contributed by atoms with E-state index in [9.17, 15) is 14.4 Å². The van der Waals surface area contributed by atoms with Crippen molar-refractivity contribution >= 4 is 23.5 Å². The molecule has 2 amide bonds. The van der Waals surface area contributed by atoms with Gasteiger partial charge in [0.25, 0.3) is 11.8 Å². The molecule has 144 valence electrons. The second kappa shape index (κ2) is 8.36. The molecule has 28 heavy (non-hydrogen) atoms. The number of hydrogen-bond donors (Lipinski definition) is 2. The van der Waals surface area contributed by atoms with E-state index in [0.29, 0.717) is 22.7 Å². The number of hydrogen-bond acceptors (Lipinski definition) is 7. The second-order valence-corrected chi connectivity index (χ2v) is 5.82. The van der Waals surface area contributed by atoms with Crippen molar-refractivity contribution < 1.29 is 29.0 Å². The van der Waals surface area contributed by atoms with Gasteiger partial charge in [-0.15, -0.1) is 0 Å². The van der Waals surface area contributed by atoms with Gasteiger partial charge in [0.05, 0.1) is 31.5 Å². The van der Waals surface area contributed by atoms with Crippen LogP contribution in [-0.2, 0) is 14.3 Å². The van der Waals surface area contributed by atoms with E-state index in [1.165, 1.54) is 13.2 Å². The maximum absolute atomic E-state index is 12.3. The monoisotopic (exact) mass is 382 g/mol. The normalized spacial score (nSPS) is 13.4. The first kappa shape index (κ1) is 19.1. The summed E-state index contributed by atoms with van der Waals surface area (Å²) >= 11 is 0. The number of benzene rings is 2. The van der Waals surface area contributed by atoms with Gasteiger partial charge in [0.15, 0.2) is 5.75 Å². The average molecular weight is 382 g/mol. The molecule has 2 N–H and O–H groups in total. The number of β-amino-alcohol motifs (C(OH)–C–C–N with tert-alkyl or cyclic N) is 1. The zero-order valence-electron chi connectivity index (χ0n) is 15.0. The van der Waals surface area contributed by atoms with Crippen LogP contribution in [0.15, 0.2) is 60.3 Å². The summed E-state index contributed by atoms with van der Waals surface area (Å²) in [6.45, 7) is -0.371. The lowest BCUT2D eigenvalue weighted by molar-refractivity contribution is -0.137. The standard InChI is InChI=1S/C20H18N2O6/c1-27-20(26)13-6-8-14(9-7-13)28-17-5-3-2-4-15(17)21-16-12-18(24)22(10-11-23)19(16)25/h2-9,12,21,23H,10-11H2,1H3. The molecule has 3 rings (SSSR count). The number of nitrogens with zero attached hydrogens (tertiary/aromatic N) is 1. The first-order valence-electron chi connectivity index (χ1n) is 8.44. The molecule has 8 nitrogen and oxygen atoms in total. The Morgan fingerprint density at radius 1 is 1.11 bits per heavy atom. The Hall–Kier alpha value is -3.65. The number of methoxy groups -OCH3 is 1. The Morgan fingerprint density at radius 2 is 1.82 bits per heavy atom. The van der Waals surface area contributed by atoms with E-state index in [-0.39, 0.29) is 18.8 Å². The van der Waals surface area contributed by atoms with Gasteiger partial charge in [0, 0.05) is 6.08 Å². The zero-order valence-corrected chi connectivity index (χ0v) is 15.0. The van der Waals surface area contributed by atoms with E-state index in [4.69, 9.17) is 9.84 Å². The number of amides is 2. The van der Waals surface area contributed by atoms with Gasteiger partial charge in [0.1, 0.15) is 11.4 Å². The number of aliphatic hydroxyl groups excluding tert-OH is 1. The van der Waals surface area contributed by atoms with Crippen LogP contribution in [0.2, 0.25) is 0 Å². The molecule has 0 fully saturated rings. The van der Waals surface area contributed by atoms with Crippen molar-refractivity contribution in [1.82, 2.24) is 4.90 Å². The highest BCUT2D eigenvalue weighted by molar-refractivity contribution is 6.17. The number of ether oxygens (including phenoxy) is 2. The number of carbonyl (C=O) groups is 3. The van der Waals surface area contributed by atoms with Crippen molar-refractivity contribution in [2.24, 2.45) is 0 Å². The van der Waals surface area contributed by atoms with Gasteiger partial charge >= 0.3 is 5.97 Å². The number of imide groups is 1. The Bertz CT molecular complexity index is 936. The molecule has 1 aliphatic rings. The minimum absolute atomic E-state index is 0.0654.